The van der Waals surface area contributed by atoms with Gasteiger partial charge < -0.3 is 5.32 Å². The summed E-state index contributed by atoms with van der Waals surface area (Å²) in [5, 5.41) is 4.78. The second kappa shape index (κ2) is 4.41. The normalized spacial score (nSPS) is 17.9. The standard InChI is InChI=1S/C11H18N2S/c1-8-11(13-9(2)14-8)7-12-10-5-3-4-6-10/h10,12H,3-7H2,1-2H3. The smallest absolute Gasteiger partial charge is 0.0900 e. The molecule has 0 atom stereocenters. The number of aromatic nitrogens is 1. The number of hydrogen-bond donors (Lipinski definition) is 1. The van der Waals surface area contributed by atoms with Crippen LogP contribution < -0.4 is 5.32 Å². The summed E-state index contributed by atoms with van der Waals surface area (Å²) in [5.41, 5.74) is 1.25. The Balaban J connectivity index is 1.87. The molecule has 0 saturated heterocycles. The SMILES string of the molecule is Cc1nc(CNC2CCCC2)c(C)s1. The van der Waals surface area contributed by atoms with Gasteiger partial charge in [0.2, 0.25) is 0 Å². The minimum Gasteiger partial charge on any atom is -0.308 e. The van der Waals surface area contributed by atoms with E-state index in [1.165, 1.54) is 41.3 Å². The van der Waals surface area contributed by atoms with Crippen LogP contribution in [0, 0.1) is 13.8 Å². The van der Waals surface area contributed by atoms with E-state index in [9.17, 15) is 0 Å². The van der Waals surface area contributed by atoms with E-state index in [2.05, 4.69) is 24.1 Å². The molecule has 1 N–H and O–H groups in total. The van der Waals surface area contributed by atoms with Crippen LogP contribution in [0.15, 0.2) is 0 Å². The van der Waals surface area contributed by atoms with Crippen molar-refractivity contribution < 1.29 is 0 Å². The minimum atomic E-state index is 0.747. The Morgan fingerprint density at radius 1 is 1.36 bits per heavy atom. The van der Waals surface area contributed by atoms with E-state index in [1.807, 2.05) is 0 Å². The van der Waals surface area contributed by atoms with Gasteiger partial charge in [0.25, 0.3) is 0 Å². The van der Waals surface area contributed by atoms with Gasteiger partial charge in [-0.25, -0.2) is 4.98 Å². The Morgan fingerprint density at radius 3 is 2.64 bits per heavy atom. The Kier molecular flexibility index (Phi) is 3.19. The molecule has 0 bridgehead atoms. The highest BCUT2D eigenvalue weighted by Crippen LogP contribution is 2.20. The first-order chi connectivity index (χ1) is 6.75. The van der Waals surface area contributed by atoms with Gasteiger partial charge >= 0.3 is 0 Å². The summed E-state index contributed by atoms with van der Waals surface area (Å²) in [6.45, 7) is 5.20. The maximum absolute atomic E-state index is 4.53. The molecule has 0 aromatic carbocycles. The molecule has 14 heavy (non-hydrogen) atoms. The monoisotopic (exact) mass is 210 g/mol. The summed E-state index contributed by atoms with van der Waals surface area (Å²) in [4.78, 5) is 5.90. The summed E-state index contributed by atoms with van der Waals surface area (Å²) in [7, 11) is 0. The summed E-state index contributed by atoms with van der Waals surface area (Å²) in [6.07, 6.45) is 5.49. The van der Waals surface area contributed by atoms with E-state index < -0.39 is 0 Å². The first-order valence-corrected chi connectivity index (χ1v) is 6.23. The fourth-order valence-corrected chi connectivity index (χ4v) is 2.94. The van der Waals surface area contributed by atoms with Crippen molar-refractivity contribution in [1.82, 2.24) is 10.3 Å². The van der Waals surface area contributed by atoms with E-state index in [4.69, 9.17) is 0 Å². The van der Waals surface area contributed by atoms with Crippen LogP contribution in [-0.2, 0) is 6.54 Å². The number of aryl methyl sites for hydroxylation is 2. The van der Waals surface area contributed by atoms with Crippen LogP contribution in [0.1, 0.15) is 41.3 Å². The second-order valence-electron chi connectivity index (χ2n) is 4.10. The molecule has 2 nitrogen and oxygen atoms in total. The Morgan fingerprint density at radius 2 is 2.07 bits per heavy atom. The van der Waals surface area contributed by atoms with Crippen LogP contribution in [0.4, 0.5) is 0 Å². The van der Waals surface area contributed by atoms with Crippen LogP contribution in [0.3, 0.4) is 0 Å². The van der Waals surface area contributed by atoms with E-state index in [1.54, 1.807) is 11.3 Å². The molecule has 1 aromatic heterocycles. The lowest BCUT2D eigenvalue weighted by Gasteiger charge is -2.10. The molecule has 0 spiro atoms. The van der Waals surface area contributed by atoms with Crippen molar-refractivity contribution in [3.63, 3.8) is 0 Å². The van der Waals surface area contributed by atoms with Crippen LogP contribution >= 0.6 is 11.3 Å². The predicted molar refractivity (Wildman–Crippen MR) is 60.7 cm³/mol. The molecule has 3 heteroatoms. The zero-order chi connectivity index (χ0) is 9.97. The lowest BCUT2D eigenvalue weighted by molar-refractivity contribution is 0.519. The fourth-order valence-electron chi connectivity index (χ4n) is 2.11. The average Bonchev–Trinajstić information content (AvgIpc) is 2.72. The largest absolute Gasteiger partial charge is 0.308 e. The summed E-state index contributed by atoms with van der Waals surface area (Å²) >= 11 is 1.80. The van der Waals surface area contributed by atoms with Crippen molar-refractivity contribution in [2.24, 2.45) is 0 Å². The van der Waals surface area contributed by atoms with Crippen molar-refractivity contribution >= 4 is 11.3 Å². The quantitative estimate of drug-likeness (QED) is 0.830. The Hall–Kier alpha value is -0.410. The zero-order valence-corrected chi connectivity index (χ0v) is 9.78. The van der Waals surface area contributed by atoms with E-state index in [0.29, 0.717) is 0 Å². The Bertz CT molecular complexity index is 300. The summed E-state index contributed by atoms with van der Waals surface area (Å²) in [6, 6.07) is 0.747. The van der Waals surface area contributed by atoms with Gasteiger partial charge in [0.1, 0.15) is 0 Å². The highest BCUT2D eigenvalue weighted by molar-refractivity contribution is 7.11. The number of thiazole rings is 1. The topological polar surface area (TPSA) is 24.9 Å². The number of nitrogens with one attached hydrogen (secondary N) is 1. The summed E-state index contributed by atoms with van der Waals surface area (Å²) in [5.74, 6) is 0. The van der Waals surface area contributed by atoms with Crippen LogP contribution in [-0.4, -0.2) is 11.0 Å². The highest BCUT2D eigenvalue weighted by Gasteiger charge is 2.14. The van der Waals surface area contributed by atoms with Crippen molar-refractivity contribution in [1.29, 1.82) is 0 Å². The molecule has 1 aromatic rings. The first-order valence-electron chi connectivity index (χ1n) is 5.42. The van der Waals surface area contributed by atoms with Gasteiger partial charge in [0, 0.05) is 17.5 Å². The third-order valence-corrected chi connectivity index (χ3v) is 3.84. The number of nitrogens with zero attached hydrogens (tertiary/aromatic N) is 1. The average molecular weight is 210 g/mol. The third kappa shape index (κ3) is 2.34. The molecule has 0 unspecified atom stereocenters. The number of hydrogen-bond acceptors (Lipinski definition) is 3. The summed E-state index contributed by atoms with van der Waals surface area (Å²) < 4.78 is 0. The molecule has 0 aliphatic heterocycles. The highest BCUT2D eigenvalue weighted by atomic mass is 32.1. The molecular formula is C11H18N2S. The predicted octanol–water partition coefficient (Wildman–Crippen LogP) is 2.79. The third-order valence-electron chi connectivity index (χ3n) is 2.91. The van der Waals surface area contributed by atoms with E-state index in [-0.39, 0.29) is 0 Å². The first kappa shape index (κ1) is 10.1. The minimum absolute atomic E-state index is 0.747. The second-order valence-corrected chi connectivity index (χ2v) is 5.51. The fraction of sp³-hybridized carbons (Fsp3) is 0.727. The van der Waals surface area contributed by atoms with Crippen molar-refractivity contribution in [3.8, 4) is 0 Å². The van der Waals surface area contributed by atoms with Gasteiger partial charge in [0.15, 0.2) is 0 Å². The molecule has 1 aliphatic rings. The maximum atomic E-state index is 4.53. The van der Waals surface area contributed by atoms with Gasteiger partial charge in [-0.3, -0.25) is 0 Å². The maximum Gasteiger partial charge on any atom is 0.0900 e. The lowest BCUT2D eigenvalue weighted by atomic mass is 10.2. The molecule has 1 aliphatic carbocycles. The van der Waals surface area contributed by atoms with E-state index >= 15 is 0 Å². The molecule has 1 heterocycles. The zero-order valence-electron chi connectivity index (χ0n) is 8.97. The van der Waals surface area contributed by atoms with Gasteiger partial charge in [-0.15, -0.1) is 11.3 Å². The van der Waals surface area contributed by atoms with Gasteiger partial charge in [-0.05, 0) is 26.7 Å². The van der Waals surface area contributed by atoms with Crippen molar-refractivity contribution in [2.45, 2.75) is 52.1 Å². The molecule has 1 fully saturated rings. The molecule has 1 saturated carbocycles. The van der Waals surface area contributed by atoms with Gasteiger partial charge in [0.05, 0.1) is 10.7 Å². The van der Waals surface area contributed by atoms with Crippen LogP contribution in [0.2, 0.25) is 0 Å². The molecule has 2 rings (SSSR count). The van der Waals surface area contributed by atoms with Crippen molar-refractivity contribution in [3.05, 3.63) is 15.6 Å². The molecule has 0 amide bonds. The van der Waals surface area contributed by atoms with E-state index in [0.717, 1.165) is 12.6 Å². The van der Waals surface area contributed by atoms with Crippen LogP contribution in [0.5, 0.6) is 0 Å². The Labute approximate surface area is 89.8 Å². The molecule has 0 radical (unpaired) electrons. The molecular weight excluding hydrogens is 192 g/mol. The molecule has 78 valence electrons. The lowest BCUT2D eigenvalue weighted by Crippen LogP contribution is -2.25. The van der Waals surface area contributed by atoms with Crippen molar-refractivity contribution in [2.75, 3.05) is 0 Å². The van der Waals surface area contributed by atoms with Gasteiger partial charge in [-0.1, -0.05) is 12.8 Å². The number of rotatable bonds is 3. The van der Waals surface area contributed by atoms with Gasteiger partial charge in [-0.2, -0.15) is 0 Å². The van der Waals surface area contributed by atoms with Crippen LogP contribution in [0.25, 0.3) is 0 Å².